The summed E-state index contributed by atoms with van der Waals surface area (Å²) in [6.45, 7) is 0. The molecule has 1 aromatic heterocycles. The highest BCUT2D eigenvalue weighted by Crippen LogP contribution is 2.47. The molecular weight excluding hydrogens is 264 g/mol. The van der Waals surface area contributed by atoms with E-state index in [-0.39, 0.29) is 12.8 Å². The summed E-state index contributed by atoms with van der Waals surface area (Å²) in [4.78, 5) is 4.13. The molecule has 3 heterocycles. The number of aromatic nitrogens is 1. The van der Waals surface area contributed by atoms with Crippen molar-refractivity contribution in [3.63, 3.8) is 0 Å². The summed E-state index contributed by atoms with van der Waals surface area (Å²) in [5.41, 5.74) is -0.373. The van der Waals surface area contributed by atoms with Crippen molar-refractivity contribution in [3.05, 3.63) is 29.6 Å². The van der Waals surface area contributed by atoms with Crippen molar-refractivity contribution in [2.75, 3.05) is 0 Å². The number of pyridine rings is 1. The third-order valence-corrected chi connectivity index (χ3v) is 6.90. The van der Waals surface area contributed by atoms with Crippen molar-refractivity contribution in [1.29, 1.82) is 5.26 Å². The van der Waals surface area contributed by atoms with Crippen LogP contribution in [0.3, 0.4) is 0 Å². The average molecular weight is 278 g/mol. The topological polar surface area (TPSA) is 91.0 Å². The van der Waals surface area contributed by atoms with Crippen LogP contribution < -0.4 is 0 Å². The number of sulfone groups is 1. The van der Waals surface area contributed by atoms with Crippen molar-refractivity contribution < 1.29 is 13.5 Å². The van der Waals surface area contributed by atoms with E-state index in [0.717, 1.165) is 0 Å². The fourth-order valence-electron chi connectivity index (χ4n) is 3.21. The first-order chi connectivity index (χ1) is 8.95. The van der Waals surface area contributed by atoms with E-state index in [0.29, 0.717) is 24.1 Å². The average Bonchev–Trinajstić information content (AvgIpc) is 2.57. The van der Waals surface area contributed by atoms with Crippen LogP contribution in [0.4, 0.5) is 0 Å². The normalized spacial score (nSPS) is 35.8. The second kappa shape index (κ2) is 4.02. The predicted octanol–water partition coefficient (Wildman–Crippen LogP) is 0.880. The summed E-state index contributed by atoms with van der Waals surface area (Å²) in [6, 6.07) is 5.13. The molecule has 2 unspecified atom stereocenters. The van der Waals surface area contributed by atoms with E-state index >= 15 is 0 Å². The van der Waals surface area contributed by atoms with Gasteiger partial charge in [0, 0.05) is 6.20 Å². The van der Waals surface area contributed by atoms with Gasteiger partial charge in [0.25, 0.3) is 0 Å². The Kier molecular flexibility index (Phi) is 2.66. The van der Waals surface area contributed by atoms with Crippen molar-refractivity contribution in [1.82, 2.24) is 4.98 Å². The summed E-state index contributed by atoms with van der Waals surface area (Å²) >= 11 is 0. The number of nitriles is 1. The molecule has 2 atom stereocenters. The zero-order valence-corrected chi connectivity index (χ0v) is 11.1. The summed E-state index contributed by atoms with van der Waals surface area (Å²) in [7, 11) is -3.08. The maximum absolute atomic E-state index is 12.0. The van der Waals surface area contributed by atoms with Crippen LogP contribution in [0.5, 0.6) is 0 Å². The predicted molar refractivity (Wildman–Crippen MR) is 67.8 cm³/mol. The van der Waals surface area contributed by atoms with E-state index in [4.69, 9.17) is 5.26 Å². The van der Waals surface area contributed by atoms with Crippen LogP contribution >= 0.6 is 0 Å². The molecule has 5 nitrogen and oxygen atoms in total. The van der Waals surface area contributed by atoms with Crippen LogP contribution in [-0.4, -0.2) is 29.0 Å². The molecule has 2 aliphatic heterocycles. The van der Waals surface area contributed by atoms with Crippen LogP contribution in [0.1, 0.15) is 36.9 Å². The molecule has 2 saturated heterocycles. The van der Waals surface area contributed by atoms with Gasteiger partial charge in [-0.15, -0.1) is 0 Å². The van der Waals surface area contributed by atoms with Crippen LogP contribution in [0.25, 0.3) is 0 Å². The summed E-state index contributed by atoms with van der Waals surface area (Å²) in [5.74, 6) is 0. The van der Waals surface area contributed by atoms with E-state index in [1.807, 2.05) is 6.07 Å². The van der Waals surface area contributed by atoms with Crippen LogP contribution in [-0.2, 0) is 15.4 Å². The van der Waals surface area contributed by atoms with Gasteiger partial charge in [0.2, 0.25) is 0 Å². The molecule has 0 radical (unpaired) electrons. The molecular formula is C13H14N2O3S. The SMILES string of the molecule is N#Cc1ccnc(C2(O)CC3CCC(C2)S3(=O)=O)c1. The maximum atomic E-state index is 12.0. The fraction of sp³-hybridized carbons (Fsp3) is 0.538. The van der Waals surface area contributed by atoms with Crippen LogP contribution in [0, 0.1) is 11.3 Å². The molecule has 0 aromatic carbocycles. The highest BCUT2D eigenvalue weighted by atomic mass is 32.2. The van der Waals surface area contributed by atoms with Crippen molar-refractivity contribution >= 4 is 9.84 Å². The maximum Gasteiger partial charge on any atom is 0.156 e. The molecule has 1 aromatic rings. The Morgan fingerprint density at radius 1 is 1.37 bits per heavy atom. The van der Waals surface area contributed by atoms with Crippen LogP contribution in [0.2, 0.25) is 0 Å². The first kappa shape index (κ1) is 12.6. The largest absolute Gasteiger partial charge is 0.383 e. The Hall–Kier alpha value is -1.45. The minimum atomic E-state index is -3.08. The lowest BCUT2D eigenvalue weighted by molar-refractivity contribution is 0.0131. The fourth-order valence-corrected chi connectivity index (χ4v) is 5.70. The van der Waals surface area contributed by atoms with Gasteiger partial charge in [0.05, 0.1) is 27.8 Å². The highest BCUT2D eigenvalue weighted by molar-refractivity contribution is 7.93. The lowest BCUT2D eigenvalue weighted by atomic mass is 9.89. The molecule has 2 aliphatic rings. The zero-order valence-electron chi connectivity index (χ0n) is 10.3. The van der Waals surface area contributed by atoms with E-state index < -0.39 is 25.9 Å². The van der Waals surface area contributed by atoms with Gasteiger partial charge in [-0.1, -0.05) is 0 Å². The standard InChI is InChI=1S/C13H14N2O3S/c14-8-9-3-4-15-12(5-9)13(16)6-10-1-2-11(7-13)19(10,17)18/h3-5,10-11,16H,1-2,6-7H2. The molecule has 2 fully saturated rings. The zero-order chi connectivity index (χ0) is 13.7. The number of fused-ring (bicyclic) bond motifs is 2. The van der Waals surface area contributed by atoms with Crippen molar-refractivity contribution in [2.24, 2.45) is 0 Å². The highest BCUT2D eigenvalue weighted by Gasteiger charge is 2.53. The van der Waals surface area contributed by atoms with Gasteiger partial charge in [-0.2, -0.15) is 5.26 Å². The van der Waals surface area contributed by atoms with E-state index in [9.17, 15) is 13.5 Å². The van der Waals surface area contributed by atoms with E-state index in [1.54, 1.807) is 12.1 Å². The Morgan fingerprint density at radius 2 is 2.00 bits per heavy atom. The number of rotatable bonds is 1. The van der Waals surface area contributed by atoms with E-state index in [1.165, 1.54) is 6.20 Å². The Labute approximate surface area is 111 Å². The minimum absolute atomic E-state index is 0.188. The first-order valence-corrected chi connectivity index (χ1v) is 7.88. The Morgan fingerprint density at radius 3 is 2.58 bits per heavy atom. The molecule has 0 spiro atoms. The summed E-state index contributed by atoms with van der Waals surface area (Å²) in [5, 5.41) is 18.7. The third-order valence-electron chi connectivity index (χ3n) is 4.24. The second-order valence-corrected chi connectivity index (χ2v) is 7.90. The molecule has 1 N–H and O–H groups in total. The van der Waals surface area contributed by atoms with E-state index in [2.05, 4.69) is 4.98 Å². The smallest absolute Gasteiger partial charge is 0.156 e. The Balaban J connectivity index is 2.00. The molecule has 19 heavy (non-hydrogen) atoms. The molecule has 3 rings (SSSR count). The molecule has 0 aliphatic carbocycles. The number of hydrogen-bond acceptors (Lipinski definition) is 5. The molecule has 0 saturated carbocycles. The second-order valence-electron chi connectivity index (χ2n) is 5.39. The third kappa shape index (κ3) is 1.85. The monoisotopic (exact) mass is 278 g/mol. The number of aliphatic hydroxyl groups is 1. The molecule has 0 amide bonds. The van der Waals surface area contributed by atoms with Crippen LogP contribution in [0.15, 0.2) is 18.3 Å². The Bertz CT molecular complexity index is 643. The van der Waals surface area contributed by atoms with Gasteiger partial charge in [-0.05, 0) is 37.8 Å². The van der Waals surface area contributed by atoms with Crippen molar-refractivity contribution in [2.45, 2.75) is 41.8 Å². The lowest BCUT2D eigenvalue weighted by Crippen LogP contribution is -2.43. The van der Waals surface area contributed by atoms with Gasteiger partial charge in [-0.3, -0.25) is 4.98 Å². The first-order valence-electron chi connectivity index (χ1n) is 6.27. The number of nitrogens with zero attached hydrogens (tertiary/aromatic N) is 2. The molecule has 100 valence electrons. The lowest BCUT2D eigenvalue weighted by Gasteiger charge is -2.35. The quantitative estimate of drug-likeness (QED) is 0.823. The molecule has 2 bridgehead atoms. The van der Waals surface area contributed by atoms with Gasteiger partial charge in [0.1, 0.15) is 5.60 Å². The minimum Gasteiger partial charge on any atom is -0.383 e. The van der Waals surface area contributed by atoms with Gasteiger partial charge in [0.15, 0.2) is 9.84 Å². The van der Waals surface area contributed by atoms with Gasteiger partial charge in [-0.25, -0.2) is 8.42 Å². The number of hydrogen-bond donors (Lipinski definition) is 1. The summed E-state index contributed by atoms with van der Waals surface area (Å²) < 4.78 is 24.1. The van der Waals surface area contributed by atoms with Gasteiger partial charge >= 0.3 is 0 Å². The van der Waals surface area contributed by atoms with Gasteiger partial charge < -0.3 is 5.11 Å². The molecule has 6 heteroatoms. The van der Waals surface area contributed by atoms with Crippen molar-refractivity contribution in [3.8, 4) is 6.07 Å². The summed E-state index contributed by atoms with van der Waals surface area (Å²) in [6.07, 6.45) is 3.10.